The van der Waals surface area contributed by atoms with Gasteiger partial charge in [-0.2, -0.15) is 0 Å². The second-order valence-electron chi connectivity index (χ2n) is 3.48. The average molecular weight is 189 g/mol. The van der Waals surface area contributed by atoms with Gasteiger partial charge in [0.15, 0.2) is 0 Å². The average Bonchev–Trinajstić information content (AvgIpc) is 2.27. The van der Waals surface area contributed by atoms with Crippen molar-refractivity contribution >= 4 is 0 Å². The number of pyridine rings is 1. The molecule has 0 atom stereocenters. The van der Waals surface area contributed by atoms with Crippen molar-refractivity contribution < 1.29 is 4.74 Å². The Bertz CT molecular complexity index is 333. The summed E-state index contributed by atoms with van der Waals surface area (Å²) in [5.41, 5.74) is 2.62. The van der Waals surface area contributed by atoms with Gasteiger partial charge in [0.1, 0.15) is 5.76 Å². The van der Waals surface area contributed by atoms with Crippen LogP contribution in [0.25, 0.3) is 0 Å². The monoisotopic (exact) mass is 189 g/mol. The first-order chi connectivity index (χ1) is 6.85. The van der Waals surface area contributed by atoms with Gasteiger partial charge in [-0.3, -0.25) is 0 Å². The lowest BCUT2D eigenvalue weighted by atomic mass is 10.00. The topological polar surface area (TPSA) is 22.1 Å². The van der Waals surface area contributed by atoms with Gasteiger partial charge in [-0.15, -0.1) is 0 Å². The zero-order valence-electron chi connectivity index (χ0n) is 8.71. The molecule has 14 heavy (non-hydrogen) atoms. The molecule has 1 aliphatic heterocycles. The second-order valence-corrected chi connectivity index (χ2v) is 3.48. The number of fused-ring (bicyclic) bond motifs is 1. The highest BCUT2D eigenvalue weighted by molar-refractivity contribution is 5.36. The van der Waals surface area contributed by atoms with E-state index in [1.807, 2.05) is 6.07 Å². The van der Waals surface area contributed by atoms with E-state index in [1.54, 1.807) is 6.20 Å². The molecule has 2 rings (SSSR count). The van der Waals surface area contributed by atoms with Gasteiger partial charge < -0.3 is 4.74 Å². The van der Waals surface area contributed by atoms with Gasteiger partial charge in [0, 0.05) is 24.6 Å². The largest absolute Gasteiger partial charge is 0.443 e. The van der Waals surface area contributed by atoms with E-state index in [0.29, 0.717) is 0 Å². The van der Waals surface area contributed by atoms with Gasteiger partial charge in [0.2, 0.25) is 5.88 Å². The molecule has 0 saturated heterocycles. The summed E-state index contributed by atoms with van der Waals surface area (Å²) in [6.07, 6.45) is 4.81. The zero-order valence-corrected chi connectivity index (χ0v) is 8.71. The Morgan fingerprint density at radius 3 is 2.93 bits per heavy atom. The van der Waals surface area contributed by atoms with E-state index in [-0.39, 0.29) is 0 Å². The molecular formula is C12H15NO. The standard InChI is InChI=1S/C12H15NO/c1-3-9-8-10-6-5-7-13-12(10)14-11(9)4-2/h5-7H,3-4,8H2,1-2H3. The molecule has 0 radical (unpaired) electrons. The van der Waals surface area contributed by atoms with E-state index in [9.17, 15) is 0 Å². The first-order valence-corrected chi connectivity index (χ1v) is 5.17. The molecule has 0 aliphatic carbocycles. The Morgan fingerprint density at radius 1 is 1.36 bits per heavy atom. The molecule has 74 valence electrons. The Balaban J connectivity index is 2.35. The Morgan fingerprint density at radius 2 is 2.21 bits per heavy atom. The van der Waals surface area contributed by atoms with E-state index in [4.69, 9.17) is 4.74 Å². The molecule has 0 bridgehead atoms. The van der Waals surface area contributed by atoms with Crippen LogP contribution in [0.15, 0.2) is 29.7 Å². The Hall–Kier alpha value is -1.31. The molecule has 1 aromatic rings. The zero-order chi connectivity index (χ0) is 9.97. The quantitative estimate of drug-likeness (QED) is 0.713. The third-order valence-corrected chi connectivity index (χ3v) is 2.62. The number of allylic oxidation sites excluding steroid dienone is 2. The molecule has 1 aliphatic rings. The van der Waals surface area contributed by atoms with E-state index >= 15 is 0 Å². The maximum Gasteiger partial charge on any atom is 0.222 e. The summed E-state index contributed by atoms with van der Waals surface area (Å²) in [7, 11) is 0. The highest BCUT2D eigenvalue weighted by atomic mass is 16.5. The fraction of sp³-hybridized carbons (Fsp3) is 0.417. The van der Waals surface area contributed by atoms with Crippen molar-refractivity contribution in [2.24, 2.45) is 0 Å². The lowest BCUT2D eigenvalue weighted by Crippen LogP contribution is -2.10. The van der Waals surface area contributed by atoms with E-state index in [1.165, 1.54) is 11.1 Å². The van der Waals surface area contributed by atoms with Crippen molar-refractivity contribution in [3.05, 3.63) is 35.2 Å². The van der Waals surface area contributed by atoms with Crippen LogP contribution in [0.2, 0.25) is 0 Å². The number of nitrogens with zero attached hydrogens (tertiary/aromatic N) is 1. The molecule has 0 unspecified atom stereocenters. The van der Waals surface area contributed by atoms with E-state index in [0.717, 1.165) is 30.9 Å². The third kappa shape index (κ3) is 1.52. The van der Waals surface area contributed by atoms with Gasteiger partial charge in [0.05, 0.1) is 0 Å². The van der Waals surface area contributed by atoms with Crippen LogP contribution in [0.5, 0.6) is 5.88 Å². The van der Waals surface area contributed by atoms with Gasteiger partial charge in [-0.25, -0.2) is 4.98 Å². The van der Waals surface area contributed by atoms with Crippen LogP contribution in [-0.4, -0.2) is 4.98 Å². The first-order valence-electron chi connectivity index (χ1n) is 5.17. The molecule has 0 amide bonds. The highest BCUT2D eigenvalue weighted by Gasteiger charge is 2.17. The number of hydrogen-bond donors (Lipinski definition) is 0. The fourth-order valence-corrected chi connectivity index (χ4v) is 1.81. The molecule has 2 nitrogen and oxygen atoms in total. The third-order valence-electron chi connectivity index (χ3n) is 2.62. The van der Waals surface area contributed by atoms with E-state index < -0.39 is 0 Å². The Labute approximate surface area is 84.6 Å². The van der Waals surface area contributed by atoms with Crippen molar-refractivity contribution in [3.63, 3.8) is 0 Å². The maximum absolute atomic E-state index is 5.75. The summed E-state index contributed by atoms with van der Waals surface area (Å²) in [5.74, 6) is 1.90. The van der Waals surface area contributed by atoms with Gasteiger partial charge in [0.25, 0.3) is 0 Å². The predicted molar refractivity (Wildman–Crippen MR) is 56.2 cm³/mol. The summed E-state index contributed by atoms with van der Waals surface area (Å²) in [4.78, 5) is 4.23. The summed E-state index contributed by atoms with van der Waals surface area (Å²) in [5, 5.41) is 0. The smallest absolute Gasteiger partial charge is 0.222 e. The molecule has 2 heterocycles. The van der Waals surface area contributed by atoms with Crippen molar-refractivity contribution in [2.45, 2.75) is 33.1 Å². The van der Waals surface area contributed by atoms with Gasteiger partial charge in [-0.05, 0) is 18.1 Å². The van der Waals surface area contributed by atoms with Crippen LogP contribution in [-0.2, 0) is 6.42 Å². The van der Waals surface area contributed by atoms with E-state index in [2.05, 4.69) is 24.9 Å². The summed E-state index contributed by atoms with van der Waals surface area (Å²) >= 11 is 0. The normalized spacial score (nSPS) is 15.0. The van der Waals surface area contributed by atoms with Gasteiger partial charge >= 0.3 is 0 Å². The molecule has 0 N–H and O–H groups in total. The van der Waals surface area contributed by atoms with Crippen molar-refractivity contribution in [3.8, 4) is 5.88 Å². The first kappa shape index (κ1) is 9.25. The molecule has 2 heteroatoms. The molecule has 0 fully saturated rings. The molecular weight excluding hydrogens is 174 g/mol. The van der Waals surface area contributed by atoms with Crippen LogP contribution < -0.4 is 4.74 Å². The lowest BCUT2D eigenvalue weighted by molar-refractivity contribution is 0.368. The highest BCUT2D eigenvalue weighted by Crippen LogP contribution is 2.30. The minimum atomic E-state index is 0.793. The van der Waals surface area contributed by atoms with Crippen molar-refractivity contribution in [2.75, 3.05) is 0 Å². The number of ether oxygens (including phenoxy) is 1. The van der Waals surface area contributed by atoms with Crippen LogP contribution in [0.3, 0.4) is 0 Å². The van der Waals surface area contributed by atoms with Crippen LogP contribution >= 0.6 is 0 Å². The number of aromatic nitrogens is 1. The predicted octanol–water partition coefficient (Wildman–Crippen LogP) is 3.09. The maximum atomic E-state index is 5.75. The number of rotatable bonds is 2. The summed E-state index contributed by atoms with van der Waals surface area (Å²) < 4.78 is 5.75. The van der Waals surface area contributed by atoms with Crippen molar-refractivity contribution in [1.82, 2.24) is 4.98 Å². The molecule has 0 aromatic carbocycles. The molecule has 0 spiro atoms. The minimum absolute atomic E-state index is 0.793. The molecule has 0 saturated carbocycles. The lowest BCUT2D eigenvalue weighted by Gasteiger charge is -2.21. The van der Waals surface area contributed by atoms with Gasteiger partial charge in [-0.1, -0.05) is 19.9 Å². The second kappa shape index (κ2) is 3.82. The SMILES string of the molecule is CCC1=C(CC)Oc2ncccc2C1. The number of hydrogen-bond acceptors (Lipinski definition) is 2. The Kier molecular flexibility index (Phi) is 2.53. The fourth-order valence-electron chi connectivity index (χ4n) is 1.81. The summed E-state index contributed by atoms with van der Waals surface area (Å²) in [6.45, 7) is 4.30. The van der Waals surface area contributed by atoms with Crippen LogP contribution in [0, 0.1) is 0 Å². The molecule has 1 aromatic heterocycles. The van der Waals surface area contributed by atoms with Crippen LogP contribution in [0.1, 0.15) is 32.3 Å². The van der Waals surface area contributed by atoms with Crippen molar-refractivity contribution in [1.29, 1.82) is 0 Å². The summed E-state index contributed by atoms with van der Waals surface area (Å²) in [6, 6.07) is 4.05. The minimum Gasteiger partial charge on any atom is -0.443 e. The van der Waals surface area contributed by atoms with Crippen LogP contribution in [0.4, 0.5) is 0 Å².